The van der Waals surface area contributed by atoms with Gasteiger partial charge in [0.1, 0.15) is 0 Å². The van der Waals surface area contributed by atoms with E-state index in [1.54, 1.807) is 0 Å². The fourth-order valence-corrected chi connectivity index (χ4v) is 7.08. The topological polar surface area (TPSA) is 9.23 Å². The van der Waals surface area contributed by atoms with Crippen molar-refractivity contribution in [3.63, 3.8) is 0 Å². The second-order valence-corrected chi connectivity index (χ2v) is 13.6. The molecule has 0 amide bonds. The predicted molar refractivity (Wildman–Crippen MR) is 75.5 cm³/mol. The third-order valence-electron chi connectivity index (χ3n) is 2.85. The molecule has 18 heavy (non-hydrogen) atoms. The maximum absolute atomic E-state index is 13.1. The van der Waals surface area contributed by atoms with E-state index in [1.165, 1.54) is 0 Å². The zero-order chi connectivity index (χ0) is 13.9. The Morgan fingerprint density at radius 3 is 2.11 bits per heavy atom. The van der Waals surface area contributed by atoms with Gasteiger partial charge in [-0.15, -0.1) is 0 Å². The average molecular weight is 381 g/mol. The van der Waals surface area contributed by atoms with Gasteiger partial charge in [0.2, 0.25) is 0 Å². The molecule has 1 nitrogen and oxygen atoms in total. The van der Waals surface area contributed by atoms with Crippen LogP contribution in [-0.4, -0.2) is 19.8 Å². The summed E-state index contributed by atoms with van der Waals surface area (Å²) in [6.07, 6.45) is 0. The van der Waals surface area contributed by atoms with E-state index in [4.69, 9.17) is 4.74 Å². The first kappa shape index (κ1) is 16.0. The molecule has 1 aromatic carbocycles. The summed E-state index contributed by atoms with van der Waals surface area (Å²) in [5.41, 5.74) is 0.666. The van der Waals surface area contributed by atoms with E-state index in [2.05, 4.69) is 43.6 Å². The number of benzene rings is 1. The van der Waals surface area contributed by atoms with Crippen molar-refractivity contribution in [2.75, 3.05) is 5.44 Å². The second-order valence-electron chi connectivity index (χ2n) is 4.87. The maximum atomic E-state index is 13.1. The first-order valence-electron chi connectivity index (χ1n) is 5.95. The zero-order valence-electron chi connectivity index (χ0n) is 11.1. The monoisotopic (exact) mass is 381 g/mol. The van der Waals surface area contributed by atoms with Crippen LogP contribution in [0.5, 0.6) is 5.75 Å². The summed E-state index contributed by atoms with van der Waals surface area (Å²) in [4.78, 5) is 0. The molecule has 1 radical (unpaired) electrons. The quantitative estimate of drug-likeness (QED) is 0.518. The van der Waals surface area contributed by atoms with Crippen molar-refractivity contribution in [2.24, 2.45) is 0 Å². The molecule has 0 aromatic heterocycles. The summed E-state index contributed by atoms with van der Waals surface area (Å²) in [6.45, 7) is 8.83. The molecular weight excluding hydrogens is 363 g/mol. The summed E-state index contributed by atoms with van der Waals surface area (Å²) in [5, 5.41) is 0. The predicted octanol–water partition coefficient (Wildman–Crippen LogP) is 4.96. The molecule has 0 aliphatic heterocycles. The van der Waals surface area contributed by atoms with Gasteiger partial charge in [-0.2, -0.15) is 0 Å². The summed E-state index contributed by atoms with van der Waals surface area (Å²) in [6, 6.07) is 2.21. The Morgan fingerprint density at radius 1 is 1.11 bits per heavy atom. The summed E-state index contributed by atoms with van der Waals surface area (Å²) in [5.74, 6) is -1.35. The Kier molecular flexibility index (Phi) is 6.11. The zero-order valence-corrected chi connectivity index (χ0v) is 14.7. The fraction of sp³-hybridized carbons (Fsp3) is 0.538. The normalized spacial score (nSPS) is 11.7. The Morgan fingerprint density at radius 2 is 1.61 bits per heavy atom. The van der Waals surface area contributed by atoms with E-state index < -0.39 is 26.0 Å². The second kappa shape index (κ2) is 6.89. The Labute approximate surface area is 120 Å². The van der Waals surface area contributed by atoms with Crippen molar-refractivity contribution < 1.29 is 13.5 Å². The molecule has 0 saturated heterocycles. The van der Waals surface area contributed by atoms with Crippen LogP contribution in [0, 0.1) is 11.6 Å². The van der Waals surface area contributed by atoms with Crippen LogP contribution in [0.2, 0.25) is 9.50 Å². The van der Waals surface area contributed by atoms with Gasteiger partial charge in [0.25, 0.3) is 0 Å². The first-order valence-corrected chi connectivity index (χ1v) is 10.7. The molecule has 5 heteroatoms. The molecule has 0 atom stereocenters. The van der Waals surface area contributed by atoms with E-state index in [0.717, 1.165) is 12.1 Å². The first-order chi connectivity index (χ1) is 8.32. The molecule has 0 N–H and O–H groups in total. The standard InChI is InChI=1S/C13H18BrF2GeO/c1-8(2)17(9(3)4)7-18-13-6-12(16)11(15)5-10(13)14/h5-6,8-9H,7H2,1-4H3. The molecule has 0 aliphatic carbocycles. The van der Waals surface area contributed by atoms with Crippen LogP contribution in [0.3, 0.4) is 0 Å². The van der Waals surface area contributed by atoms with Crippen molar-refractivity contribution in [1.29, 1.82) is 0 Å². The third kappa shape index (κ3) is 4.23. The molecule has 0 fully saturated rings. The molecule has 0 saturated carbocycles. The van der Waals surface area contributed by atoms with Crippen LogP contribution < -0.4 is 4.74 Å². The average Bonchev–Trinajstić information content (AvgIpc) is 2.24. The summed E-state index contributed by atoms with van der Waals surface area (Å²) < 4.78 is 33.5. The molecule has 0 aliphatic rings. The number of halogens is 3. The van der Waals surface area contributed by atoms with E-state index in [0.29, 0.717) is 25.2 Å². The number of ether oxygens (including phenoxy) is 1. The SMILES string of the molecule is C[CH](C)[Ge]([CH2]Oc1cc(F)c(F)cc1Br)[CH](C)C. The van der Waals surface area contributed by atoms with Gasteiger partial charge in [-0.1, -0.05) is 0 Å². The minimum absolute atomic E-state index is 0.389. The van der Waals surface area contributed by atoms with Crippen molar-refractivity contribution in [3.8, 4) is 5.75 Å². The fourth-order valence-electron chi connectivity index (χ4n) is 1.78. The number of hydrogen-bond acceptors (Lipinski definition) is 1. The van der Waals surface area contributed by atoms with Gasteiger partial charge in [0.05, 0.1) is 0 Å². The van der Waals surface area contributed by atoms with E-state index in [9.17, 15) is 8.78 Å². The molecule has 0 unspecified atom stereocenters. The summed E-state index contributed by atoms with van der Waals surface area (Å²) in [7, 11) is 0. The van der Waals surface area contributed by atoms with E-state index in [-0.39, 0.29) is 0 Å². The van der Waals surface area contributed by atoms with Crippen LogP contribution in [0.4, 0.5) is 8.78 Å². The van der Waals surface area contributed by atoms with E-state index in [1.807, 2.05) is 0 Å². The van der Waals surface area contributed by atoms with Crippen LogP contribution in [-0.2, 0) is 0 Å². The molecule has 1 aromatic rings. The Hall–Kier alpha value is -0.0971. The molecule has 0 spiro atoms. The van der Waals surface area contributed by atoms with Gasteiger partial charge in [-0.25, -0.2) is 0 Å². The van der Waals surface area contributed by atoms with Crippen LogP contribution in [0.15, 0.2) is 16.6 Å². The van der Waals surface area contributed by atoms with Gasteiger partial charge >= 0.3 is 120 Å². The summed E-state index contributed by atoms with van der Waals surface area (Å²) >= 11 is 1.85. The van der Waals surface area contributed by atoms with Crippen molar-refractivity contribution >= 4 is 30.3 Å². The molecule has 101 valence electrons. The van der Waals surface area contributed by atoms with Crippen LogP contribution >= 0.6 is 15.9 Å². The van der Waals surface area contributed by atoms with Crippen LogP contribution in [0.1, 0.15) is 27.7 Å². The molecular formula is C13H18BrF2GeO. The van der Waals surface area contributed by atoms with Crippen molar-refractivity contribution in [1.82, 2.24) is 0 Å². The van der Waals surface area contributed by atoms with Gasteiger partial charge in [-0.05, 0) is 0 Å². The molecule has 1 rings (SSSR count). The number of rotatable bonds is 5. The van der Waals surface area contributed by atoms with Crippen molar-refractivity contribution in [3.05, 3.63) is 28.2 Å². The van der Waals surface area contributed by atoms with Gasteiger partial charge in [0.15, 0.2) is 0 Å². The van der Waals surface area contributed by atoms with Gasteiger partial charge in [-0.3, -0.25) is 0 Å². The van der Waals surface area contributed by atoms with Gasteiger partial charge in [0, 0.05) is 0 Å². The van der Waals surface area contributed by atoms with Crippen molar-refractivity contribution in [2.45, 2.75) is 37.2 Å². The third-order valence-corrected chi connectivity index (χ3v) is 10.7. The Balaban J connectivity index is 2.76. The number of hydrogen-bond donors (Lipinski definition) is 0. The van der Waals surface area contributed by atoms with Gasteiger partial charge < -0.3 is 0 Å². The minimum atomic E-state index is -1.35. The molecule has 0 bridgehead atoms. The van der Waals surface area contributed by atoms with Crippen LogP contribution in [0.25, 0.3) is 0 Å². The Bertz CT molecular complexity index is 402. The van der Waals surface area contributed by atoms with E-state index >= 15 is 0 Å². The molecule has 0 heterocycles.